The Kier molecular flexibility index (Phi) is 2.88. The van der Waals surface area contributed by atoms with Crippen molar-refractivity contribution in [3.8, 4) is 0 Å². The first kappa shape index (κ1) is 10.4. The average molecular weight is 271 g/mol. The molecule has 0 aliphatic rings. The van der Waals surface area contributed by atoms with E-state index in [4.69, 9.17) is 4.42 Å². The van der Waals surface area contributed by atoms with Crippen LogP contribution in [-0.2, 0) is 0 Å². The molecule has 0 radical (unpaired) electrons. The second-order valence-corrected chi connectivity index (χ2v) is 4.04. The first-order valence-electron chi connectivity index (χ1n) is 4.33. The van der Waals surface area contributed by atoms with Crippen molar-refractivity contribution in [2.24, 2.45) is 0 Å². The maximum atomic E-state index is 13.5. The maximum Gasteiger partial charge on any atom is 0.130 e. The summed E-state index contributed by atoms with van der Waals surface area (Å²) in [6.45, 7) is 0. The molecule has 2 aromatic rings. The van der Waals surface area contributed by atoms with Crippen molar-refractivity contribution in [3.05, 3.63) is 58.2 Å². The van der Waals surface area contributed by atoms with Crippen LogP contribution in [0.1, 0.15) is 17.2 Å². The van der Waals surface area contributed by atoms with Gasteiger partial charge in [-0.25, -0.2) is 4.39 Å². The highest BCUT2D eigenvalue weighted by Gasteiger charge is 2.15. The first-order chi connectivity index (χ1) is 7.18. The fraction of sp³-hybridized carbons (Fsp3) is 0.0909. The van der Waals surface area contributed by atoms with Crippen molar-refractivity contribution >= 4 is 15.9 Å². The molecule has 2 rings (SSSR count). The molecule has 1 N–H and O–H groups in total. The molecule has 2 nitrogen and oxygen atoms in total. The van der Waals surface area contributed by atoms with Crippen molar-refractivity contribution in [1.29, 1.82) is 0 Å². The summed E-state index contributed by atoms with van der Waals surface area (Å²) in [6.07, 6.45) is 1.85. The number of benzene rings is 1. The minimum Gasteiger partial charge on any atom is -0.472 e. The lowest BCUT2D eigenvalue weighted by atomic mass is 10.0. The Balaban J connectivity index is 2.38. The second kappa shape index (κ2) is 4.16. The van der Waals surface area contributed by atoms with E-state index in [1.807, 2.05) is 0 Å². The number of rotatable bonds is 2. The summed E-state index contributed by atoms with van der Waals surface area (Å²) in [4.78, 5) is 0. The molecule has 1 atom stereocenters. The highest BCUT2D eigenvalue weighted by molar-refractivity contribution is 9.10. The van der Waals surface area contributed by atoms with Crippen LogP contribution in [0.5, 0.6) is 0 Å². The molecule has 0 fully saturated rings. The third kappa shape index (κ3) is 2.11. The average Bonchev–Trinajstić information content (AvgIpc) is 2.69. The molecule has 0 aliphatic heterocycles. The Hall–Kier alpha value is -1.13. The molecule has 15 heavy (non-hydrogen) atoms. The van der Waals surface area contributed by atoms with Crippen molar-refractivity contribution in [2.45, 2.75) is 6.10 Å². The minimum atomic E-state index is -0.989. The number of furan rings is 1. The molecule has 0 spiro atoms. The summed E-state index contributed by atoms with van der Waals surface area (Å²) >= 11 is 3.15. The van der Waals surface area contributed by atoms with Crippen molar-refractivity contribution < 1.29 is 13.9 Å². The molecule has 4 heteroatoms. The fourth-order valence-corrected chi connectivity index (χ4v) is 1.67. The predicted molar refractivity (Wildman–Crippen MR) is 56.9 cm³/mol. The van der Waals surface area contributed by atoms with E-state index in [1.54, 1.807) is 12.1 Å². The van der Waals surface area contributed by atoms with Gasteiger partial charge in [-0.05, 0) is 18.2 Å². The molecule has 0 aliphatic carbocycles. The van der Waals surface area contributed by atoms with E-state index in [0.717, 1.165) is 0 Å². The van der Waals surface area contributed by atoms with Gasteiger partial charge in [0.15, 0.2) is 0 Å². The Morgan fingerprint density at radius 2 is 2.13 bits per heavy atom. The summed E-state index contributed by atoms with van der Waals surface area (Å²) in [6, 6.07) is 6.14. The third-order valence-electron chi connectivity index (χ3n) is 2.12. The van der Waals surface area contributed by atoms with Crippen LogP contribution in [0.25, 0.3) is 0 Å². The molecule has 78 valence electrons. The zero-order valence-corrected chi connectivity index (χ0v) is 9.24. The molecule has 1 unspecified atom stereocenters. The van der Waals surface area contributed by atoms with Gasteiger partial charge in [-0.3, -0.25) is 0 Å². The standard InChI is InChI=1S/C11H8BrFO2/c12-8-1-2-9(10(13)5-8)11(14)7-3-4-15-6-7/h1-6,11,14H. The summed E-state index contributed by atoms with van der Waals surface area (Å²) in [5, 5.41) is 9.84. The maximum absolute atomic E-state index is 13.5. The van der Waals surface area contributed by atoms with Crippen LogP contribution in [0.2, 0.25) is 0 Å². The van der Waals surface area contributed by atoms with Crippen LogP contribution in [0, 0.1) is 5.82 Å². The number of aliphatic hydroxyl groups is 1. The smallest absolute Gasteiger partial charge is 0.130 e. The van der Waals surface area contributed by atoms with E-state index in [2.05, 4.69) is 15.9 Å². The summed E-state index contributed by atoms with van der Waals surface area (Å²) < 4.78 is 18.9. The third-order valence-corrected chi connectivity index (χ3v) is 2.61. The quantitative estimate of drug-likeness (QED) is 0.909. The second-order valence-electron chi connectivity index (χ2n) is 3.13. The molecule has 1 heterocycles. The van der Waals surface area contributed by atoms with Crippen LogP contribution < -0.4 is 0 Å². The highest BCUT2D eigenvalue weighted by atomic mass is 79.9. The lowest BCUT2D eigenvalue weighted by Crippen LogP contribution is -2.01. The molecule has 0 saturated carbocycles. The molecule has 0 saturated heterocycles. The monoisotopic (exact) mass is 270 g/mol. The highest BCUT2D eigenvalue weighted by Crippen LogP contribution is 2.26. The van der Waals surface area contributed by atoms with E-state index in [0.29, 0.717) is 10.0 Å². The zero-order valence-electron chi connectivity index (χ0n) is 7.65. The minimum absolute atomic E-state index is 0.236. The molecular weight excluding hydrogens is 263 g/mol. The van der Waals surface area contributed by atoms with Gasteiger partial charge >= 0.3 is 0 Å². The summed E-state index contributed by atoms with van der Waals surface area (Å²) in [7, 11) is 0. The summed E-state index contributed by atoms with van der Waals surface area (Å²) in [5.74, 6) is -0.446. The Morgan fingerprint density at radius 1 is 1.33 bits per heavy atom. The van der Waals surface area contributed by atoms with Gasteiger partial charge in [-0.1, -0.05) is 22.0 Å². The number of hydrogen-bond acceptors (Lipinski definition) is 2. The largest absolute Gasteiger partial charge is 0.472 e. The van der Waals surface area contributed by atoms with Crippen LogP contribution in [-0.4, -0.2) is 5.11 Å². The number of aliphatic hydroxyl groups excluding tert-OH is 1. The van der Waals surface area contributed by atoms with Gasteiger partial charge in [0.25, 0.3) is 0 Å². The van der Waals surface area contributed by atoms with Crippen molar-refractivity contribution in [1.82, 2.24) is 0 Å². The zero-order chi connectivity index (χ0) is 10.8. The fourth-order valence-electron chi connectivity index (χ4n) is 1.33. The number of halogens is 2. The van der Waals surface area contributed by atoms with Gasteiger partial charge in [-0.2, -0.15) is 0 Å². The summed E-state index contributed by atoms with van der Waals surface area (Å²) in [5.41, 5.74) is 0.774. The first-order valence-corrected chi connectivity index (χ1v) is 5.13. The lowest BCUT2D eigenvalue weighted by Gasteiger charge is -2.09. The Labute approximate surface area is 94.5 Å². The van der Waals surface area contributed by atoms with E-state index in [-0.39, 0.29) is 5.56 Å². The topological polar surface area (TPSA) is 33.4 Å². The number of hydrogen-bond donors (Lipinski definition) is 1. The van der Waals surface area contributed by atoms with Gasteiger partial charge in [0.2, 0.25) is 0 Å². The van der Waals surface area contributed by atoms with Gasteiger partial charge in [0.1, 0.15) is 11.9 Å². The Morgan fingerprint density at radius 3 is 2.73 bits per heavy atom. The SMILES string of the molecule is OC(c1ccoc1)c1ccc(Br)cc1F. The predicted octanol–water partition coefficient (Wildman–Crippen LogP) is 3.26. The van der Waals surface area contributed by atoms with Gasteiger partial charge in [-0.15, -0.1) is 0 Å². The van der Waals surface area contributed by atoms with Crippen LogP contribution >= 0.6 is 15.9 Å². The van der Waals surface area contributed by atoms with Crippen LogP contribution in [0.4, 0.5) is 4.39 Å². The van der Waals surface area contributed by atoms with E-state index >= 15 is 0 Å². The van der Waals surface area contributed by atoms with E-state index < -0.39 is 11.9 Å². The van der Waals surface area contributed by atoms with Crippen LogP contribution in [0.3, 0.4) is 0 Å². The van der Waals surface area contributed by atoms with E-state index in [1.165, 1.54) is 24.7 Å². The van der Waals surface area contributed by atoms with E-state index in [9.17, 15) is 9.50 Å². The normalized spacial score (nSPS) is 12.7. The Bertz CT molecular complexity index is 454. The van der Waals surface area contributed by atoms with Gasteiger partial charge in [0.05, 0.1) is 12.5 Å². The molecule has 0 bridgehead atoms. The molecule has 1 aromatic carbocycles. The lowest BCUT2D eigenvalue weighted by molar-refractivity contribution is 0.214. The van der Waals surface area contributed by atoms with Crippen LogP contribution in [0.15, 0.2) is 45.7 Å². The van der Waals surface area contributed by atoms with Gasteiger partial charge < -0.3 is 9.52 Å². The molecular formula is C11H8BrFO2. The van der Waals surface area contributed by atoms with Crippen molar-refractivity contribution in [2.75, 3.05) is 0 Å². The molecule has 1 aromatic heterocycles. The molecule has 0 amide bonds. The van der Waals surface area contributed by atoms with Crippen molar-refractivity contribution in [3.63, 3.8) is 0 Å². The van der Waals surface area contributed by atoms with Gasteiger partial charge in [0, 0.05) is 15.6 Å².